The molecule has 1 aromatic heterocycles. The Morgan fingerprint density at radius 1 is 1.10 bits per heavy atom. The summed E-state index contributed by atoms with van der Waals surface area (Å²) in [7, 11) is 0. The number of carbonyl (C=O) groups excluding carboxylic acids is 2. The number of aryl methyl sites for hydroxylation is 2. The first-order chi connectivity index (χ1) is 14.1. The maximum absolute atomic E-state index is 12.7. The minimum absolute atomic E-state index is 0.0635. The van der Waals surface area contributed by atoms with E-state index in [1.54, 1.807) is 26.0 Å². The lowest BCUT2D eigenvalue weighted by atomic mass is 10.0. The molecule has 2 aromatic rings. The molecule has 0 aliphatic carbocycles. The first-order valence-electron chi connectivity index (χ1n) is 9.89. The van der Waals surface area contributed by atoms with E-state index in [1.807, 2.05) is 32.9 Å². The lowest BCUT2D eigenvalue weighted by Gasteiger charge is -2.19. The number of Topliss-reactive ketones (excluding diaryl/α,β-unsaturated/α-hetero) is 1. The highest BCUT2D eigenvalue weighted by molar-refractivity contribution is 5.94. The molecular formula is C23H28F2N2O3. The van der Waals surface area contributed by atoms with Gasteiger partial charge in [-0.2, -0.15) is 0 Å². The number of carbonyl (C=O) groups is 2. The third-order valence-corrected chi connectivity index (χ3v) is 4.76. The summed E-state index contributed by atoms with van der Waals surface area (Å²) >= 11 is 0. The molecule has 0 aliphatic heterocycles. The zero-order valence-electron chi connectivity index (χ0n) is 18.0. The molecule has 0 bridgehead atoms. The lowest BCUT2D eigenvalue weighted by molar-refractivity contribution is -0.121. The molecule has 2 rings (SSSR count). The molecule has 0 saturated heterocycles. The fourth-order valence-corrected chi connectivity index (χ4v) is 3.07. The number of aromatic nitrogens is 1. The SMILES string of the molecule is Cc1cc(C(C)NC(=O)c2ccnc(CC(=O)C(C)C)c2)cc(C)c1OCC(F)F. The van der Waals surface area contributed by atoms with E-state index in [0.29, 0.717) is 17.0 Å². The zero-order valence-corrected chi connectivity index (χ0v) is 18.0. The van der Waals surface area contributed by atoms with Crippen LogP contribution in [-0.4, -0.2) is 29.7 Å². The minimum Gasteiger partial charge on any atom is -0.487 e. The van der Waals surface area contributed by atoms with Crippen LogP contribution in [0.5, 0.6) is 5.75 Å². The van der Waals surface area contributed by atoms with E-state index in [1.165, 1.54) is 6.20 Å². The van der Waals surface area contributed by atoms with Gasteiger partial charge in [-0.05, 0) is 49.6 Å². The van der Waals surface area contributed by atoms with E-state index in [2.05, 4.69) is 10.3 Å². The van der Waals surface area contributed by atoms with E-state index >= 15 is 0 Å². The highest BCUT2D eigenvalue weighted by atomic mass is 19.3. The van der Waals surface area contributed by atoms with Gasteiger partial charge in [0.1, 0.15) is 18.1 Å². The molecule has 1 unspecified atom stereocenters. The number of benzene rings is 1. The predicted octanol–water partition coefficient (Wildman–Crippen LogP) is 4.60. The Kier molecular flexibility index (Phi) is 8.03. The number of pyridine rings is 1. The van der Waals surface area contributed by atoms with Gasteiger partial charge in [-0.3, -0.25) is 14.6 Å². The molecule has 162 valence electrons. The Hall–Kier alpha value is -2.83. The van der Waals surface area contributed by atoms with Crippen LogP contribution in [0.3, 0.4) is 0 Å². The molecule has 0 saturated carbocycles. The van der Waals surface area contributed by atoms with E-state index in [0.717, 1.165) is 16.7 Å². The van der Waals surface area contributed by atoms with Crippen LogP contribution < -0.4 is 10.1 Å². The second-order valence-electron chi connectivity index (χ2n) is 7.71. The van der Waals surface area contributed by atoms with E-state index in [-0.39, 0.29) is 30.1 Å². The number of rotatable bonds is 9. The summed E-state index contributed by atoms with van der Waals surface area (Å²) in [4.78, 5) is 28.8. The maximum Gasteiger partial charge on any atom is 0.272 e. The molecule has 1 aromatic carbocycles. The molecule has 1 heterocycles. The number of ether oxygens (including phenoxy) is 1. The predicted molar refractivity (Wildman–Crippen MR) is 111 cm³/mol. The second-order valence-corrected chi connectivity index (χ2v) is 7.71. The summed E-state index contributed by atoms with van der Waals surface area (Å²) < 4.78 is 30.1. The molecule has 7 heteroatoms. The van der Waals surface area contributed by atoms with Crippen LogP contribution in [0.15, 0.2) is 30.5 Å². The molecule has 0 fully saturated rings. The van der Waals surface area contributed by atoms with Gasteiger partial charge in [0, 0.05) is 29.8 Å². The minimum atomic E-state index is -2.54. The third kappa shape index (κ3) is 6.34. The molecule has 1 atom stereocenters. The van der Waals surface area contributed by atoms with Crippen LogP contribution in [0.4, 0.5) is 8.78 Å². The number of amides is 1. The van der Waals surface area contributed by atoms with Crippen molar-refractivity contribution < 1.29 is 23.1 Å². The number of hydrogen-bond acceptors (Lipinski definition) is 4. The van der Waals surface area contributed by atoms with Gasteiger partial charge in [-0.15, -0.1) is 0 Å². The van der Waals surface area contributed by atoms with Crippen LogP contribution in [0.2, 0.25) is 0 Å². The lowest BCUT2D eigenvalue weighted by Crippen LogP contribution is -2.27. The van der Waals surface area contributed by atoms with Crippen molar-refractivity contribution in [3.05, 3.63) is 58.4 Å². The van der Waals surface area contributed by atoms with Crippen LogP contribution >= 0.6 is 0 Å². The van der Waals surface area contributed by atoms with Crippen molar-refractivity contribution in [2.45, 2.75) is 53.5 Å². The average Bonchev–Trinajstić information content (AvgIpc) is 2.66. The Bertz CT molecular complexity index is 890. The van der Waals surface area contributed by atoms with Crippen molar-refractivity contribution in [2.75, 3.05) is 6.61 Å². The Balaban J connectivity index is 2.11. The van der Waals surface area contributed by atoms with Crippen molar-refractivity contribution in [1.82, 2.24) is 10.3 Å². The Labute approximate surface area is 175 Å². The number of hydrogen-bond donors (Lipinski definition) is 1. The van der Waals surface area contributed by atoms with E-state index in [9.17, 15) is 18.4 Å². The van der Waals surface area contributed by atoms with Crippen molar-refractivity contribution in [1.29, 1.82) is 0 Å². The number of alkyl halides is 2. The summed E-state index contributed by atoms with van der Waals surface area (Å²) in [6, 6.07) is 6.55. The molecule has 5 nitrogen and oxygen atoms in total. The van der Waals surface area contributed by atoms with Crippen molar-refractivity contribution in [3.8, 4) is 5.75 Å². The first kappa shape index (κ1) is 23.4. The molecule has 30 heavy (non-hydrogen) atoms. The number of nitrogens with one attached hydrogen (secondary N) is 1. The number of ketones is 1. The standard InChI is InChI=1S/C23H28F2N2O3/c1-13(2)20(28)11-19-10-17(6-7-26-19)23(29)27-16(5)18-8-14(3)22(15(4)9-18)30-12-21(24)25/h6-10,13,16,21H,11-12H2,1-5H3,(H,27,29). The highest BCUT2D eigenvalue weighted by Crippen LogP contribution is 2.28. The van der Waals surface area contributed by atoms with Gasteiger partial charge in [0.2, 0.25) is 0 Å². The maximum atomic E-state index is 12.7. The molecule has 1 amide bonds. The second kappa shape index (κ2) is 10.3. The first-order valence-corrected chi connectivity index (χ1v) is 9.89. The van der Waals surface area contributed by atoms with Crippen LogP contribution in [0, 0.1) is 19.8 Å². The van der Waals surface area contributed by atoms with Gasteiger partial charge < -0.3 is 10.1 Å². The summed E-state index contributed by atoms with van der Waals surface area (Å²) in [6.45, 7) is 8.41. The van der Waals surface area contributed by atoms with Crippen molar-refractivity contribution >= 4 is 11.7 Å². The van der Waals surface area contributed by atoms with Crippen LogP contribution in [-0.2, 0) is 11.2 Å². The van der Waals surface area contributed by atoms with Gasteiger partial charge in [0.15, 0.2) is 0 Å². The van der Waals surface area contributed by atoms with Crippen molar-refractivity contribution in [3.63, 3.8) is 0 Å². The molecular weight excluding hydrogens is 390 g/mol. The average molecular weight is 418 g/mol. The summed E-state index contributed by atoms with van der Waals surface area (Å²) in [5.74, 6) is 0.125. The van der Waals surface area contributed by atoms with E-state index < -0.39 is 13.0 Å². The van der Waals surface area contributed by atoms with Gasteiger partial charge >= 0.3 is 0 Å². The topological polar surface area (TPSA) is 68.3 Å². The van der Waals surface area contributed by atoms with Gasteiger partial charge in [-0.1, -0.05) is 26.0 Å². The van der Waals surface area contributed by atoms with Gasteiger partial charge in [0.25, 0.3) is 12.3 Å². The number of nitrogens with zero attached hydrogens (tertiary/aromatic N) is 1. The molecule has 0 aliphatic rings. The fourth-order valence-electron chi connectivity index (χ4n) is 3.07. The monoisotopic (exact) mass is 418 g/mol. The summed E-state index contributed by atoms with van der Waals surface area (Å²) in [5.41, 5.74) is 3.28. The zero-order chi connectivity index (χ0) is 22.4. The van der Waals surface area contributed by atoms with Gasteiger partial charge in [-0.25, -0.2) is 8.78 Å². The van der Waals surface area contributed by atoms with E-state index in [4.69, 9.17) is 4.74 Å². The van der Waals surface area contributed by atoms with Crippen LogP contribution in [0.25, 0.3) is 0 Å². The fraction of sp³-hybridized carbons (Fsp3) is 0.435. The molecule has 0 radical (unpaired) electrons. The highest BCUT2D eigenvalue weighted by Gasteiger charge is 2.17. The van der Waals surface area contributed by atoms with Crippen molar-refractivity contribution in [2.24, 2.45) is 5.92 Å². The largest absolute Gasteiger partial charge is 0.487 e. The molecule has 0 spiro atoms. The summed E-state index contributed by atoms with van der Waals surface area (Å²) in [5, 5.41) is 2.93. The molecule has 1 N–H and O–H groups in total. The van der Waals surface area contributed by atoms with Crippen LogP contribution in [0.1, 0.15) is 59.6 Å². The third-order valence-electron chi connectivity index (χ3n) is 4.76. The number of halogens is 2. The smallest absolute Gasteiger partial charge is 0.272 e. The Morgan fingerprint density at radius 2 is 1.73 bits per heavy atom. The van der Waals surface area contributed by atoms with Gasteiger partial charge in [0.05, 0.1) is 6.04 Å². The summed E-state index contributed by atoms with van der Waals surface area (Å²) in [6.07, 6.45) is -0.832. The Morgan fingerprint density at radius 3 is 2.30 bits per heavy atom. The quantitative estimate of drug-likeness (QED) is 0.646. The normalized spacial score (nSPS) is 12.2.